The molecule has 0 radical (unpaired) electrons. The number of amides is 1. The monoisotopic (exact) mass is 291 g/mol. The quantitative estimate of drug-likeness (QED) is 0.891. The van der Waals surface area contributed by atoms with Crippen LogP contribution in [-0.4, -0.2) is 5.91 Å². The Bertz CT molecular complexity index is 610. The number of carbonyl (C=O) groups excluding carboxylic acids is 1. The number of aryl methyl sites for hydroxylation is 2. The normalized spacial score (nSPS) is 10.3. The van der Waals surface area contributed by atoms with Gasteiger partial charge in [0.05, 0.1) is 5.69 Å². The standard InChI is InChI=1S/C16H15ClFNO/c1-11-2-4-12(5-3-11)6-9-16(20)19-15-10-13(17)7-8-14(15)18/h2-5,7-8,10H,6,9H2,1H3,(H,19,20). The summed E-state index contributed by atoms with van der Waals surface area (Å²) in [6.45, 7) is 2.01. The lowest BCUT2D eigenvalue weighted by molar-refractivity contribution is -0.116. The van der Waals surface area contributed by atoms with Gasteiger partial charge in [-0.2, -0.15) is 0 Å². The summed E-state index contributed by atoms with van der Waals surface area (Å²) < 4.78 is 13.5. The lowest BCUT2D eigenvalue weighted by Crippen LogP contribution is -2.13. The molecule has 1 amide bonds. The van der Waals surface area contributed by atoms with Gasteiger partial charge in [0.25, 0.3) is 0 Å². The van der Waals surface area contributed by atoms with Crippen molar-refractivity contribution in [1.82, 2.24) is 0 Å². The SMILES string of the molecule is Cc1ccc(CCC(=O)Nc2cc(Cl)ccc2F)cc1. The van der Waals surface area contributed by atoms with Crippen LogP contribution >= 0.6 is 11.6 Å². The summed E-state index contributed by atoms with van der Waals surface area (Å²) in [4.78, 5) is 11.8. The second-order valence-electron chi connectivity index (χ2n) is 4.66. The highest BCUT2D eigenvalue weighted by molar-refractivity contribution is 6.30. The summed E-state index contributed by atoms with van der Waals surface area (Å²) >= 11 is 5.77. The first-order chi connectivity index (χ1) is 9.54. The zero-order valence-electron chi connectivity index (χ0n) is 11.1. The van der Waals surface area contributed by atoms with Gasteiger partial charge < -0.3 is 5.32 Å². The minimum atomic E-state index is -0.488. The predicted molar refractivity (Wildman–Crippen MR) is 79.5 cm³/mol. The van der Waals surface area contributed by atoms with Gasteiger partial charge in [-0.3, -0.25) is 4.79 Å². The fourth-order valence-corrected chi connectivity index (χ4v) is 1.99. The number of halogens is 2. The first-order valence-corrected chi connectivity index (χ1v) is 6.73. The van der Waals surface area contributed by atoms with Crippen molar-refractivity contribution in [2.75, 3.05) is 5.32 Å². The third kappa shape index (κ3) is 4.07. The molecule has 0 aliphatic rings. The van der Waals surface area contributed by atoms with E-state index >= 15 is 0 Å². The minimum Gasteiger partial charge on any atom is -0.324 e. The molecular formula is C16H15ClFNO. The van der Waals surface area contributed by atoms with Crippen LogP contribution in [0.25, 0.3) is 0 Å². The minimum absolute atomic E-state index is 0.117. The summed E-state index contributed by atoms with van der Waals surface area (Å²) in [6.07, 6.45) is 0.920. The Balaban J connectivity index is 1.92. The van der Waals surface area contributed by atoms with E-state index < -0.39 is 5.82 Å². The molecule has 0 spiro atoms. The topological polar surface area (TPSA) is 29.1 Å². The predicted octanol–water partition coefficient (Wildman–Crippen LogP) is 4.36. The van der Waals surface area contributed by atoms with Crippen LogP contribution in [0.1, 0.15) is 17.5 Å². The third-order valence-corrected chi connectivity index (χ3v) is 3.20. The maximum atomic E-state index is 13.5. The molecule has 2 aromatic carbocycles. The summed E-state index contributed by atoms with van der Waals surface area (Å²) in [5.74, 6) is -0.718. The zero-order chi connectivity index (χ0) is 14.5. The van der Waals surface area contributed by atoms with Crippen LogP contribution in [0.4, 0.5) is 10.1 Å². The Kier molecular flexibility index (Phi) is 4.74. The van der Waals surface area contributed by atoms with Gasteiger partial charge in [-0.25, -0.2) is 4.39 Å². The smallest absolute Gasteiger partial charge is 0.224 e. The molecule has 104 valence electrons. The number of hydrogen-bond donors (Lipinski definition) is 1. The molecule has 1 N–H and O–H groups in total. The first-order valence-electron chi connectivity index (χ1n) is 6.35. The Labute approximate surface area is 122 Å². The molecule has 0 fully saturated rings. The number of hydrogen-bond acceptors (Lipinski definition) is 1. The van der Waals surface area contributed by atoms with Gasteiger partial charge >= 0.3 is 0 Å². The molecular weight excluding hydrogens is 277 g/mol. The molecule has 0 aliphatic carbocycles. The highest BCUT2D eigenvalue weighted by Gasteiger charge is 2.08. The van der Waals surface area contributed by atoms with E-state index in [0.717, 1.165) is 5.56 Å². The second kappa shape index (κ2) is 6.53. The molecule has 0 aromatic heterocycles. The van der Waals surface area contributed by atoms with Gasteiger partial charge in [0.1, 0.15) is 5.82 Å². The molecule has 0 bridgehead atoms. The Morgan fingerprint density at radius 1 is 1.20 bits per heavy atom. The lowest BCUT2D eigenvalue weighted by Gasteiger charge is -2.07. The van der Waals surface area contributed by atoms with Gasteiger partial charge in [0.2, 0.25) is 5.91 Å². The summed E-state index contributed by atoms with van der Waals surface area (Å²) in [5, 5.41) is 2.92. The summed E-state index contributed by atoms with van der Waals surface area (Å²) in [5.41, 5.74) is 2.38. The molecule has 2 nitrogen and oxygen atoms in total. The van der Waals surface area contributed by atoms with Crippen molar-refractivity contribution in [1.29, 1.82) is 0 Å². The van der Waals surface area contributed by atoms with E-state index in [0.29, 0.717) is 17.9 Å². The molecule has 4 heteroatoms. The van der Waals surface area contributed by atoms with E-state index in [1.54, 1.807) is 0 Å². The number of carbonyl (C=O) groups is 1. The highest BCUT2D eigenvalue weighted by Crippen LogP contribution is 2.19. The van der Waals surface area contributed by atoms with Crippen molar-refractivity contribution < 1.29 is 9.18 Å². The van der Waals surface area contributed by atoms with Gasteiger partial charge in [0.15, 0.2) is 0 Å². The number of rotatable bonds is 4. The second-order valence-corrected chi connectivity index (χ2v) is 5.09. The average molecular weight is 292 g/mol. The van der Waals surface area contributed by atoms with Crippen LogP contribution < -0.4 is 5.32 Å². The maximum Gasteiger partial charge on any atom is 0.224 e. The zero-order valence-corrected chi connectivity index (χ0v) is 11.9. The third-order valence-electron chi connectivity index (χ3n) is 2.96. The van der Waals surface area contributed by atoms with Gasteiger partial charge in [-0.1, -0.05) is 41.4 Å². The molecule has 0 heterocycles. The van der Waals surface area contributed by atoms with Crippen LogP contribution in [0.5, 0.6) is 0 Å². The van der Waals surface area contributed by atoms with Crippen molar-refractivity contribution in [3.8, 4) is 0 Å². The number of anilines is 1. The van der Waals surface area contributed by atoms with Crippen molar-refractivity contribution in [2.24, 2.45) is 0 Å². The first kappa shape index (κ1) is 14.5. The van der Waals surface area contributed by atoms with E-state index in [9.17, 15) is 9.18 Å². The van der Waals surface area contributed by atoms with Crippen LogP contribution in [-0.2, 0) is 11.2 Å². The molecule has 0 atom stereocenters. The number of benzene rings is 2. The van der Waals surface area contributed by atoms with Crippen molar-refractivity contribution >= 4 is 23.2 Å². The van der Waals surface area contributed by atoms with Gasteiger partial charge in [-0.15, -0.1) is 0 Å². The van der Waals surface area contributed by atoms with E-state index in [2.05, 4.69) is 5.32 Å². The van der Waals surface area contributed by atoms with E-state index in [4.69, 9.17) is 11.6 Å². The Hall–Kier alpha value is -1.87. The Morgan fingerprint density at radius 2 is 1.90 bits per heavy atom. The maximum absolute atomic E-state index is 13.5. The lowest BCUT2D eigenvalue weighted by atomic mass is 10.1. The van der Waals surface area contributed by atoms with Crippen molar-refractivity contribution in [3.05, 3.63) is 64.4 Å². The van der Waals surface area contributed by atoms with Crippen molar-refractivity contribution in [2.45, 2.75) is 19.8 Å². The van der Waals surface area contributed by atoms with Gasteiger partial charge in [0, 0.05) is 11.4 Å². The van der Waals surface area contributed by atoms with Crippen LogP contribution in [0.3, 0.4) is 0 Å². The van der Waals surface area contributed by atoms with Crippen LogP contribution in [0, 0.1) is 12.7 Å². The average Bonchev–Trinajstić information content (AvgIpc) is 2.42. The Morgan fingerprint density at radius 3 is 2.60 bits per heavy atom. The van der Waals surface area contributed by atoms with Crippen molar-refractivity contribution in [3.63, 3.8) is 0 Å². The van der Waals surface area contributed by atoms with Crippen LogP contribution in [0.15, 0.2) is 42.5 Å². The molecule has 0 saturated carbocycles. The molecule has 0 unspecified atom stereocenters. The molecule has 0 saturated heterocycles. The molecule has 2 aromatic rings. The largest absolute Gasteiger partial charge is 0.324 e. The van der Waals surface area contributed by atoms with E-state index in [-0.39, 0.29) is 11.6 Å². The molecule has 0 aliphatic heterocycles. The van der Waals surface area contributed by atoms with Gasteiger partial charge in [-0.05, 0) is 37.1 Å². The van der Waals surface area contributed by atoms with Crippen LogP contribution in [0.2, 0.25) is 5.02 Å². The fraction of sp³-hybridized carbons (Fsp3) is 0.188. The fourth-order valence-electron chi connectivity index (χ4n) is 1.82. The number of nitrogens with one attached hydrogen (secondary N) is 1. The summed E-state index contributed by atoms with van der Waals surface area (Å²) in [7, 11) is 0. The van der Waals surface area contributed by atoms with E-state index in [1.807, 2.05) is 31.2 Å². The molecule has 2 rings (SSSR count). The molecule has 20 heavy (non-hydrogen) atoms. The highest BCUT2D eigenvalue weighted by atomic mass is 35.5. The summed E-state index contributed by atoms with van der Waals surface area (Å²) in [6, 6.07) is 12.1. The van der Waals surface area contributed by atoms with E-state index in [1.165, 1.54) is 23.8 Å².